The van der Waals surface area contributed by atoms with E-state index in [2.05, 4.69) is 60.2 Å². The number of aryl methyl sites for hydroxylation is 2. The van der Waals surface area contributed by atoms with Crippen LogP contribution in [0.4, 0.5) is 0 Å². The molecule has 1 aliphatic rings. The average Bonchev–Trinajstić information content (AvgIpc) is 3.59. The summed E-state index contributed by atoms with van der Waals surface area (Å²) < 4.78 is 0. The van der Waals surface area contributed by atoms with Crippen molar-refractivity contribution in [2.75, 3.05) is 0 Å². The average molecular weight is 477 g/mol. The van der Waals surface area contributed by atoms with Gasteiger partial charge >= 0.3 is 0 Å². The van der Waals surface area contributed by atoms with Crippen LogP contribution in [0.3, 0.4) is 0 Å². The normalized spacial score (nSPS) is 13.2. The number of nitriles is 2. The summed E-state index contributed by atoms with van der Waals surface area (Å²) in [5, 5.41) is 18.0. The van der Waals surface area contributed by atoms with E-state index in [1.165, 1.54) is 34.4 Å². The van der Waals surface area contributed by atoms with Crippen LogP contribution < -0.4 is 0 Å². The summed E-state index contributed by atoms with van der Waals surface area (Å²) in [4.78, 5) is 9.66. The zero-order valence-corrected chi connectivity index (χ0v) is 21.1. The van der Waals surface area contributed by atoms with E-state index in [0.29, 0.717) is 17.4 Å². The van der Waals surface area contributed by atoms with Crippen molar-refractivity contribution in [3.05, 3.63) is 105 Å². The van der Waals surface area contributed by atoms with Gasteiger partial charge < -0.3 is 0 Å². The van der Waals surface area contributed by atoms with E-state index >= 15 is 0 Å². The van der Waals surface area contributed by atoms with Gasteiger partial charge in [-0.15, -0.1) is 11.3 Å². The van der Waals surface area contributed by atoms with Crippen molar-refractivity contribution in [3.8, 4) is 23.3 Å². The first-order valence-electron chi connectivity index (χ1n) is 11.9. The molecule has 0 radical (unpaired) electrons. The Morgan fingerprint density at radius 2 is 1.83 bits per heavy atom. The van der Waals surface area contributed by atoms with Crippen LogP contribution >= 0.6 is 11.3 Å². The highest BCUT2D eigenvalue weighted by atomic mass is 32.1. The number of nitrogens with zero attached hydrogens (tertiary/aromatic N) is 4. The van der Waals surface area contributed by atoms with Crippen LogP contribution in [0.5, 0.6) is 0 Å². The van der Waals surface area contributed by atoms with Gasteiger partial charge in [0.15, 0.2) is 0 Å². The van der Waals surface area contributed by atoms with Crippen molar-refractivity contribution in [3.63, 3.8) is 0 Å². The lowest BCUT2D eigenvalue weighted by Gasteiger charge is -2.18. The fourth-order valence-corrected chi connectivity index (χ4v) is 5.14. The molecule has 174 valence electrons. The fourth-order valence-electron chi connectivity index (χ4n) is 4.30. The van der Waals surface area contributed by atoms with Gasteiger partial charge in [-0.2, -0.15) is 10.5 Å². The molecule has 1 saturated carbocycles. The summed E-state index contributed by atoms with van der Waals surface area (Å²) in [6.45, 7) is 6.30. The number of hydrogen-bond donors (Lipinski definition) is 0. The molecule has 35 heavy (non-hydrogen) atoms. The van der Waals surface area contributed by atoms with Gasteiger partial charge in [0.25, 0.3) is 0 Å². The van der Waals surface area contributed by atoms with Crippen molar-refractivity contribution in [1.29, 1.82) is 10.5 Å². The molecule has 0 amide bonds. The molecule has 4 aromatic rings. The van der Waals surface area contributed by atoms with Gasteiger partial charge in [-0.05, 0) is 91.1 Å². The minimum absolute atomic E-state index is 0.407. The van der Waals surface area contributed by atoms with E-state index in [-0.39, 0.29) is 0 Å². The summed E-state index contributed by atoms with van der Waals surface area (Å²) in [5.41, 5.74) is 10.3. The van der Waals surface area contributed by atoms with Crippen LogP contribution in [-0.4, -0.2) is 9.97 Å². The lowest BCUT2D eigenvalue weighted by Crippen LogP contribution is -2.03. The first-order chi connectivity index (χ1) is 17.0. The minimum Gasteiger partial charge on any atom is -0.260 e. The molecule has 1 aliphatic carbocycles. The molecule has 1 atom stereocenters. The summed E-state index contributed by atoms with van der Waals surface area (Å²) in [6.07, 6.45) is 7.08. The van der Waals surface area contributed by atoms with E-state index in [9.17, 15) is 5.26 Å². The van der Waals surface area contributed by atoms with E-state index in [4.69, 9.17) is 5.26 Å². The Labute approximate surface area is 211 Å². The van der Waals surface area contributed by atoms with Crippen LogP contribution in [0.15, 0.2) is 66.4 Å². The lowest BCUT2D eigenvalue weighted by atomic mass is 9.87. The van der Waals surface area contributed by atoms with Gasteiger partial charge in [0.2, 0.25) is 0 Å². The highest BCUT2D eigenvalue weighted by molar-refractivity contribution is 7.09. The van der Waals surface area contributed by atoms with Gasteiger partial charge in [-0.3, -0.25) is 9.97 Å². The highest BCUT2D eigenvalue weighted by Gasteiger charge is 2.34. The molecule has 0 aliphatic heterocycles. The van der Waals surface area contributed by atoms with Gasteiger partial charge in [0.05, 0.1) is 22.7 Å². The third-order valence-electron chi connectivity index (χ3n) is 6.59. The molecular weight excluding hydrogens is 448 g/mol. The molecule has 0 bridgehead atoms. The third-order valence-corrected chi connectivity index (χ3v) is 7.44. The van der Waals surface area contributed by atoms with Crippen LogP contribution in [0, 0.1) is 42.4 Å². The molecule has 2 aromatic carbocycles. The Bertz CT molecular complexity index is 1370. The number of thiazole rings is 1. The second-order valence-corrected chi connectivity index (χ2v) is 9.80. The maximum Gasteiger partial charge on any atom is 0.101 e. The smallest absolute Gasteiger partial charge is 0.101 e. The molecule has 4 nitrogen and oxygen atoms in total. The fraction of sp³-hybridized carbons (Fsp3) is 0.267. The van der Waals surface area contributed by atoms with Crippen molar-refractivity contribution in [2.45, 2.75) is 46.0 Å². The third kappa shape index (κ3) is 5.65. The molecule has 5 heteroatoms. The standard InChI is InChI=1S/C22H20N2S.C8H8N2/c1-14-4-3-5-19(15(14)2)20-10-17(8-9-18(20)11-23)22(16-6-7-16)21-12-24-13-25-21;1-2-8-4-3-7(5-9)6-10-8/h3-5,8-10,12-13,16,22H,6-7H2,1-2H3;3-4,6H,2H2,1H3. The van der Waals surface area contributed by atoms with E-state index in [1.807, 2.05) is 36.8 Å². The zero-order chi connectivity index (χ0) is 24.8. The molecule has 2 heterocycles. The quantitative estimate of drug-likeness (QED) is 0.302. The number of benzene rings is 2. The monoisotopic (exact) mass is 476 g/mol. The second kappa shape index (κ2) is 11.1. The number of rotatable bonds is 5. The maximum absolute atomic E-state index is 9.62. The minimum atomic E-state index is 0.407. The van der Waals surface area contributed by atoms with E-state index in [1.54, 1.807) is 23.6 Å². The van der Waals surface area contributed by atoms with Crippen LogP contribution in [0.2, 0.25) is 0 Å². The van der Waals surface area contributed by atoms with Gasteiger partial charge in [-0.1, -0.05) is 31.2 Å². The number of pyridine rings is 1. The van der Waals surface area contributed by atoms with Crippen LogP contribution in [0.25, 0.3) is 11.1 Å². The molecule has 5 rings (SSSR count). The summed E-state index contributed by atoms with van der Waals surface area (Å²) in [6, 6.07) is 20.7. The second-order valence-electron chi connectivity index (χ2n) is 8.89. The Morgan fingerprint density at radius 3 is 2.43 bits per heavy atom. The van der Waals surface area contributed by atoms with Crippen molar-refractivity contribution >= 4 is 11.3 Å². The van der Waals surface area contributed by atoms with Crippen molar-refractivity contribution in [2.24, 2.45) is 5.92 Å². The largest absolute Gasteiger partial charge is 0.260 e. The van der Waals surface area contributed by atoms with Crippen molar-refractivity contribution in [1.82, 2.24) is 9.97 Å². The van der Waals surface area contributed by atoms with Gasteiger partial charge in [0.1, 0.15) is 6.07 Å². The topological polar surface area (TPSA) is 73.4 Å². The van der Waals surface area contributed by atoms with Crippen molar-refractivity contribution < 1.29 is 0 Å². The Balaban J connectivity index is 0.000000243. The number of aromatic nitrogens is 2. The predicted molar refractivity (Wildman–Crippen MR) is 141 cm³/mol. The molecule has 1 unspecified atom stereocenters. The van der Waals surface area contributed by atoms with Crippen LogP contribution in [-0.2, 0) is 6.42 Å². The van der Waals surface area contributed by atoms with Crippen LogP contribution in [0.1, 0.15) is 64.1 Å². The Morgan fingerprint density at radius 1 is 1.00 bits per heavy atom. The predicted octanol–water partition coefficient (Wildman–Crippen LogP) is 7.36. The number of hydrogen-bond acceptors (Lipinski definition) is 5. The van der Waals surface area contributed by atoms with Gasteiger partial charge in [0, 0.05) is 28.9 Å². The Hall–Kier alpha value is -3.80. The molecule has 0 N–H and O–H groups in total. The van der Waals surface area contributed by atoms with E-state index in [0.717, 1.165) is 28.8 Å². The SMILES string of the molecule is CCc1ccc(C#N)cn1.Cc1cccc(-c2cc(C(c3cncs3)C3CC3)ccc2C#N)c1C. The highest BCUT2D eigenvalue weighted by Crippen LogP contribution is 2.48. The molecule has 0 spiro atoms. The molecule has 2 aromatic heterocycles. The first kappa shape index (κ1) is 24.3. The Kier molecular flexibility index (Phi) is 7.70. The maximum atomic E-state index is 9.62. The summed E-state index contributed by atoms with van der Waals surface area (Å²) >= 11 is 1.74. The lowest BCUT2D eigenvalue weighted by molar-refractivity contribution is 0.715. The molecular formula is C30H28N4S. The van der Waals surface area contributed by atoms with Gasteiger partial charge in [-0.25, -0.2) is 0 Å². The summed E-state index contributed by atoms with van der Waals surface area (Å²) in [7, 11) is 0. The summed E-state index contributed by atoms with van der Waals surface area (Å²) in [5.74, 6) is 1.11. The molecule has 1 fully saturated rings. The zero-order valence-electron chi connectivity index (χ0n) is 20.3. The first-order valence-corrected chi connectivity index (χ1v) is 12.8. The van der Waals surface area contributed by atoms with E-state index < -0.39 is 0 Å². The molecule has 0 saturated heterocycles.